The highest BCUT2D eigenvalue weighted by Gasteiger charge is 2.51. The van der Waals surface area contributed by atoms with Gasteiger partial charge in [0, 0.05) is 6.92 Å². The highest BCUT2D eigenvalue weighted by atomic mass is 16.9. The Hall–Kier alpha value is -4.03. The molecule has 2 aromatic carbocycles. The van der Waals surface area contributed by atoms with Crippen LogP contribution in [0.5, 0.6) is 5.75 Å². The Morgan fingerprint density at radius 2 is 1.46 bits per heavy atom. The molecule has 12 heteroatoms. The highest BCUT2D eigenvalue weighted by Crippen LogP contribution is 2.32. The number of benzene rings is 2. The average molecular weight is 487 g/mol. The van der Waals surface area contributed by atoms with Gasteiger partial charge in [-0.3, -0.25) is 4.79 Å². The number of ether oxygens (including phenoxy) is 5. The van der Waals surface area contributed by atoms with E-state index in [-0.39, 0.29) is 35.7 Å². The summed E-state index contributed by atoms with van der Waals surface area (Å²) >= 11 is 0. The second kappa shape index (κ2) is 10.5. The summed E-state index contributed by atoms with van der Waals surface area (Å²) in [5, 5.41) is 9.55. The minimum atomic E-state index is -0.948. The SMILES string of the molecule is CC(=O)Oc1ccccc1C(=O)OC1CO[C@H]2[C@@H]1OC[C@H]2OC(=O)c1ccccc1CO[N+](=O)[O-]. The van der Waals surface area contributed by atoms with Crippen LogP contribution in [0.25, 0.3) is 0 Å². The van der Waals surface area contributed by atoms with E-state index >= 15 is 0 Å². The molecule has 0 aliphatic carbocycles. The third kappa shape index (κ3) is 5.55. The third-order valence-electron chi connectivity index (χ3n) is 5.40. The van der Waals surface area contributed by atoms with Gasteiger partial charge in [0.2, 0.25) is 0 Å². The minimum absolute atomic E-state index is 0.00667. The molecule has 0 N–H and O–H groups in total. The fourth-order valence-corrected chi connectivity index (χ4v) is 3.88. The van der Waals surface area contributed by atoms with E-state index in [0.29, 0.717) is 0 Å². The van der Waals surface area contributed by atoms with Crippen LogP contribution < -0.4 is 4.74 Å². The summed E-state index contributed by atoms with van der Waals surface area (Å²) in [4.78, 5) is 51.6. The van der Waals surface area contributed by atoms with Crippen molar-refractivity contribution in [1.82, 2.24) is 0 Å². The second-order valence-corrected chi connectivity index (χ2v) is 7.73. The lowest BCUT2D eigenvalue weighted by molar-refractivity contribution is -0.763. The van der Waals surface area contributed by atoms with Gasteiger partial charge in [0.1, 0.15) is 30.1 Å². The molecule has 2 aliphatic rings. The van der Waals surface area contributed by atoms with E-state index in [4.69, 9.17) is 23.7 Å². The first-order chi connectivity index (χ1) is 16.8. The van der Waals surface area contributed by atoms with Crippen LogP contribution in [0, 0.1) is 10.1 Å². The maximum absolute atomic E-state index is 12.7. The van der Waals surface area contributed by atoms with Gasteiger partial charge >= 0.3 is 17.9 Å². The molecule has 0 bridgehead atoms. The first-order valence-corrected chi connectivity index (χ1v) is 10.6. The molecule has 0 amide bonds. The van der Waals surface area contributed by atoms with Crippen molar-refractivity contribution in [3.63, 3.8) is 0 Å². The summed E-state index contributed by atoms with van der Waals surface area (Å²) in [6, 6.07) is 12.4. The van der Waals surface area contributed by atoms with Gasteiger partial charge in [0.25, 0.3) is 5.09 Å². The van der Waals surface area contributed by atoms with Crippen molar-refractivity contribution in [3.8, 4) is 5.75 Å². The molecule has 4 atom stereocenters. The predicted octanol–water partition coefficient (Wildman–Crippen LogP) is 1.87. The third-order valence-corrected chi connectivity index (χ3v) is 5.40. The van der Waals surface area contributed by atoms with Gasteiger partial charge in [-0.25, -0.2) is 9.59 Å². The summed E-state index contributed by atoms with van der Waals surface area (Å²) < 4.78 is 27.5. The van der Waals surface area contributed by atoms with E-state index in [1.165, 1.54) is 31.2 Å². The number of esters is 3. The number of hydrogen-bond acceptors (Lipinski definition) is 11. The number of carbonyl (C=O) groups excluding carboxylic acids is 3. The predicted molar refractivity (Wildman–Crippen MR) is 114 cm³/mol. The molecule has 12 nitrogen and oxygen atoms in total. The molecule has 35 heavy (non-hydrogen) atoms. The molecule has 0 saturated carbocycles. The topological polar surface area (TPSA) is 150 Å². The molecule has 2 saturated heterocycles. The Balaban J connectivity index is 1.39. The van der Waals surface area contributed by atoms with Crippen LogP contribution in [0.1, 0.15) is 33.2 Å². The van der Waals surface area contributed by atoms with E-state index in [0.717, 1.165) is 0 Å². The molecular weight excluding hydrogens is 466 g/mol. The van der Waals surface area contributed by atoms with Crippen molar-refractivity contribution in [2.24, 2.45) is 0 Å². The summed E-state index contributed by atoms with van der Waals surface area (Å²) in [7, 11) is 0. The van der Waals surface area contributed by atoms with Gasteiger partial charge in [-0.1, -0.05) is 30.3 Å². The van der Waals surface area contributed by atoms with Crippen LogP contribution in [0.3, 0.4) is 0 Å². The zero-order chi connectivity index (χ0) is 24.9. The minimum Gasteiger partial charge on any atom is -0.453 e. The van der Waals surface area contributed by atoms with Gasteiger partial charge < -0.3 is 28.5 Å². The molecule has 2 aliphatic heterocycles. The number of rotatable bonds is 8. The molecule has 1 unspecified atom stereocenters. The molecule has 0 aromatic heterocycles. The van der Waals surface area contributed by atoms with E-state index < -0.39 is 54.0 Å². The number of nitrogens with zero attached hydrogens (tertiary/aromatic N) is 1. The van der Waals surface area contributed by atoms with E-state index in [2.05, 4.69) is 4.84 Å². The van der Waals surface area contributed by atoms with E-state index in [9.17, 15) is 24.5 Å². The van der Waals surface area contributed by atoms with Crippen LogP contribution in [0.4, 0.5) is 0 Å². The average Bonchev–Trinajstić information content (AvgIpc) is 3.41. The normalized spacial score (nSPS) is 22.7. The van der Waals surface area contributed by atoms with Gasteiger partial charge in [0.05, 0.1) is 18.8 Å². The van der Waals surface area contributed by atoms with E-state index in [1.807, 2.05) is 0 Å². The molecule has 0 radical (unpaired) electrons. The number of hydrogen-bond donors (Lipinski definition) is 0. The van der Waals surface area contributed by atoms with Crippen molar-refractivity contribution in [3.05, 3.63) is 75.3 Å². The lowest BCUT2D eigenvalue weighted by Gasteiger charge is -2.18. The monoisotopic (exact) mass is 487 g/mol. The highest BCUT2D eigenvalue weighted by molar-refractivity contribution is 5.93. The lowest BCUT2D eigenvalue weighted by atomic mass is 10.1. The van der Waals surface area contributed by atoms with E-state index in [1.54, 1.807) is 24.3 Å². The fourth-order valence-electron chi connectivity index (χ4n) is 3.88. The smallest absolute Gasteiger partial charge is 0.342 e. The zero-order valence-corrected chi connectivity index (χ0v) is 18.5. The molecule has 2 heterocycles. The maximum Gasteiger partial charge on any atom is 0.342 e. The van der Waals surface area contributed by atoms with Crippen LogP contribution in [0.15, 0.2) is 48.5 Å². The molecule has 4 rings (SSSR count). The summed E-state index contributed by atoms with van der Waals surface area (Å²) in [5.41, 5.74) is 0.469. The van der Waals surface area contributed by atoms with Crippen molar-refractivity contribution < 1.29 is 48.0 Å². The summed E-state index contributed by atoms with van der Waals surface area (Å²) in [6.45, 7) is 0.832. The largest absolute Gasteiger partial charge is 0.453 e. The first-order valence-electron chi connectivity index (χ1n) is 10.6. The van der Waals surface area contributed by atoms with Crippen LogP contribution in [-0.2, 0) is 35.2 Å². The fraction of sp³-hybridized carbons (Fsp3) is 0.348. The Labute approximate surface area is 198 Å². The first kappa shape index (κ1) is 24.1. The van der Waals surface area contributed by atoms with Crippen LogP contribution in [0.2, 0.25) is 0 Å². The van der Waals surface area contributed by atoms with Gasteiger partial charge in [-0.05, 0) is 23.8 Å². The van der Waals surface area contributed by atoms with Crippen molar-refractivity contribution in [1.29, 1.82) is 0 Å². The number of fused-ring (bicyclic) bond motifs is 1. The maximum atomic E-state index is 12.7. The van der Waals surface area contributed by atoms with Gasteiger partial charge in [0.15, 0.2) is 12.2 Å². The van der Waals surface area contributed by atoms with Crippen molar-refractivity contribution in [2.75, 3.05) is 13.2 Å². The van der Waals surface area contributed by atoms with Gasteiger partial charge in [-0.15, -0.1) is 10.1 Å². The standard InChI is InChI=1S/C23H21NO11/c1-13(25)33-17-9-5-4-8-16(17)23(27)35-19-12-31-20-18(11-30-21(19)20)34-22(26)15-7-3-2-6-14(15)10-32-24(28)29/h2-9,18-21H,10-12H2,1H3/t18-,19?,20-,21-/m1/s1. The summed E-state index contributed by atoms with van der Waals surface area (Å²) in [6.07, 6.45) is -2.91. The van der Waals surface area contributed by atoms with Gasteiger partial charge in [-0.2, -0.15) is 0 Å². The molecule has 0 spiro atoms. The Bertz CT molecular complexity index is 1130. The Kier molecular flexibility index (Phi) is 7.22. The van der Waals surface area contributed by atoms with Crippen molar-refractivity contribution >= 4 is 17.9 Å². The van der Waals surface area contributed by atoms with Crippen molar-refractivity contribution in [2.45, 2.75) is 37.9 Å². The number of carbonyl (C=O) groups is 3. The lowest BCUT2D eigenvalue weighted by Crippen LogP contribution is -2.36. The Morgan fingerprint density at radius 3 is 2.06 bits per heavy atom. The molecule has 2 aromatic rings. The molecule has 2 fully saturated rings. The Morgan fingerprint density at radius 1 is 0.914 bits per heavy atom. The quantitative estimate of drug-likeness (QED) is 0.232. The van der Waals surface area contributed by atoms with Crippen LogP contribution >= 0.6 is 0 Å². The zero-order valence-electron chi connectivity index (χ0n) is 18.5. The molecule has 184 valence electrons. The second-order valence-electron chi connectivity index (χ2n) is 7.73. The van der Waals surface area contributed by atoms with Crippen LogP contribution in [-0.4, -0.2) is 60.6 Å². The summed E-state index contributed by atoms with van der Waals surface area (Å²) in [5.74, 6) is -1.95. The number of para-hydroxylation sites is 1. The molecular formula is C23H21NO11.